The molecule has 0 unspecified atom stereocenters. The van der Waals surface area contributed by atoms with Crippen molar-refractivity contribution in [2.75, 3.05) is 11.9 Å². The van der Waals surface area contributed by atoms with Gasteiger partial charge in [-0.15, -0.1) is 0 Å². The maximum absolute atomic E-state index is 12.6. The molecule has 0 amide bonds. The monoisotopic (exact) mass is 226 g/mol. The largest absolute Gasteiger partial charge is 0.376 e. The van der Waals surface area contributed by atoms with Gasteiger partial charge in [0.1, 0.15) is 6.17 Å². The van der Waals surface area contributed by atoms with Gasteiger partial charge in [-0.1, -0.05) is 15.9 Å². The summed E-state index contributed by atoms with van der Waals surface area (Å²) < 4.78 is 17.9. The summed E-state index contributed by atoms with van der Waals surface area (Å²) >= 11 is 3.06. The molecule has 0 N–H and O–H groups in total. The van der Waals surface area contributed by atoms with Gasteiger partial charge in [0.05, 0.1) is 12.2 Å². The molecule has 0 spiro atoms. The van der Waals surface area contributed by atoms with Crippen molar-refractivity contribution < 1.29 is 9.13 Å². The number of hydrogen-bond acceptors (Lipinski definition) is 1. The van der Waals surface area contributed by atoms with Crippen molar-refractivity contribution in [1.82, 2.24) is 0 Å². The average molecular weight is 227 g/mol. The van der Waals surface area contributed by atoms with Crippen molar-refractivity contribution >= 4 is 15.9 Å². The number of hydrogen-bond donors (Lipinski definition) is 0. The summed E-state index contributed by atoms with van der Waals surface area (Å²) in [6.45, 7) is 6.40. The van der Waals surface area contributed by atoms with Crippen LogP contribution in [-0.4, -0.2) is 23.7 Å². The van der Waals surface area contributed by atoms with Gasteiger partial charge in [-0.3, -0.25) is 0 Å². The SMILES string of the molecule is CC(C)(C)OCC[C@@H](F)CBr. The summed E-state index contributed by atoms with van der Waals surface area (Å²) in [5, 5.41) is 0.403. The Morgan fingerprint density at radius 3 is 2.36 bits per heavy atom. The van der Waals surface area contributed by atoms with Gasteiger partial charge in [0.15, 0.2) is 0 Å². The van der Waals surface area contributed by atoms with Crippen molar-refractivity contribution in [1.29, 1.82) is 0 Å². The predicted molar refractivity (Wildman–Crippen MR) is 49.0 cm³/mol. The molecule has 1 atom stereocenters. The molecule has 0 aliphatic heterocycles. The lowest BCUT2D eigenvalue weighted by molar-refractivity contribution is -0.00989. The lowest BCUT2D eigenvalue weighted by atomic mass is 10.2. The van der Waals surface area contributed by atoms with Gasteiger partial charge in [0.2, 0.25) is 0 Å². The van der Waals surface area contributed by atoms with Crippen LogP contribution < -0.4 is 0 Å². The predicted octanol–water partition coefficient (Wildman–Crippen LogP) is 2.92. The Bertz CT molecular complexity index is 101. The first-order chi connectivity index (χ1) is 4.95. The molecule has 68 valence electrons. The molecule has 0 saturated heterocycles. The standard InChI is InChI=1S/C8H16BrFO/c1-8(2,3)11-5-4-7(10)6-9/h7H,4-6H2,1-3H3/t7-/m1/s1. The molecule has 0 fully saturated rings. The Hall–Kier alpha value is 0.370. The minimum Gasteiger partial charge on any atom is -0.376 e. The van der Waals surface area contributed by atoms with E-state index in [2.05, 4.69) is 15.9 Å². The van der Waals surface area contributed by atoms with E-state index in [0.29, 0.717) is 18.4 Å². The van der Waals surface area contributed by atoms with Crippen molar-refractivity contribution in [3.8, 4) is 0 Å². The highest BCUT2D eigenvalue weighted by atomic mass is 79.9. The van der Waals surface area contributed by atoms with Gasteiger partial charge in [-0.2, -0.15) is 0 Å². The smallest absolute Gasteiger partial charge is 0.112 e. The zero-order chi connectivity index (χ0) is 8.91. The lowest BCUT2D eigenvalue weighted by Crippen LogP contribution is -2.21. The molecule has 1 nitrogen and oxygen atoms in total. The Morgan fingerprint density at radius 2 is 2.00 bits per heavy atom. The van der Waals surface area contributed by atoms with E-state index in [1.807, 2.05) is 20.8 Å². The highest BCUT2D eigenvalue weighted by Crippen LogP contribution is 2.09. The summed E-state index contributed by atoms with van der Waals surface area (Å²) in [6, 6.07) is 0. The van der Waals surface area contributed by atoms with Gasteiger partial charge in [0.25, 0.3) is 0 Å². The number of rotatable bonds is 4. The van der Waals surface area contributed by atoms with Gasteiger partial charge >= 0.3 is 0 Å². The van der Waals surface area contributed by atoms with Crippen LogP contribution in [0.1, 0.15) is 27.2 Å². The van der Waals surface area contributed by atoms with E-state index in [1.54, 1.807) is 0 Å². The molecule has 0 aromatic heterocycles. The zero-order valence-corrected chi connectivity index (χ0v) is 8.95. The summed E-state index contributed by atoms with van der Waals surface area (Å²) in [5.41, 5.74) is -0.147. The lowest BCUT2D eigenvalue weighted by Gasteiger charge is -2.19. The van der Waals surface area contributed by atoms with E-state index in [0.717, 1.165) is 0 Å². The van der Waals surface area contributed by atoms with Crippen LogP contribution in [0.15, 0.2) is 0 Å². The summed E-state index contributed by atoms with van der Waals surface area (Å²) in [5.74, 6) is 0. The number of halogens is 2. The molecular weight excluding hydrogens is 211 g/mol. The number of alkyl halides is 2. The van der Waals surface area contributed by atoms with E-state index in [9.17, 15) is 4.39 Å². The van der Waals surface area contributed by atoms with Gasteiger partial charge < -0.3 is 4.74 Å². The van der Waals surface area contributed by atoms with E-state index < -0.39 is 6.17 Å². The first-order valence-corrected chi connectivity index (χ1v) is 4.92. The molecular formula is C8H16BrFO. The first-order valence-electron chi connectivity index (χ1n) is 3.79. The number of ether oxygens (including phenoxy) is 1. The van der Waals surface area contributed by atoms with Gasteiger partial charge in [-0.05, 0) is 20.8 Å². The second-order valence-corrected chi connectivity index (χ2v) is 4.15. The maximum Gasteiger partial charge on any atom is 0.112 e. The molecule has 0 rings (SSSR count). The quantitative estimate of drug-likeness (QED) is 0.671. The highest BCUT2D eigenvalue weighted by molar-refractivity contribution is 9.09. The van der Waals surface area contributed by atoms with Crippen LogP contribution in [0.3, 0.4) is 0 Å². The van der Waals surface area contributed by atoms with Gasteiger partial charge in [0, 0.05) is 11.8 Å². The van der Waals surface area contributed by atoms with Crippen LogP contribution in [0.2, 0.25) is 0 Å². The fourth-order valence-corrected chi connectivity index (χ4v) is 0.894. The van der Waals surface area contributed by atoms with Crippen molar-refractivity contribution in [2.45, 2.75) is 39.0 Å². The third-order valence-electron chi connectivity index (χ3n) is 1.13. The van der Waals surface area contributed by atoms with Crippen LogP contribution in [0, 0.1) is 0 Å². The molecule has 0 radical (unpaired) electrons. The molecule has 0 aromatic rings. The second-order valence-electron chi connectivity index (χ2n) is 3.50. The van der Waals surface area contributed by atoms with Crippen molar-refractivity contribution in [2.24, 2.45) is 0 Å². The minimum atomic E-state index is -0.780. The van der Waals surface area contributed by atoms with Crippen LogP contribution in [0.5, 0.6) is 0 Å². The fraction of sp³-hybridized carbons (Fsp3) is 1.00. The topological polar surface area (TPSA) is 9.23 Å². The highest BCUT2D eigenvalue weighted by Gasteiger charge is 2.11. The minimum absolute atomic E-state index is 0.147. The summed E-state index contributed by atoms with van der Waals surface area (Å²) in [4.78, 5) is 0. The molecule has 3 heteroatoms. The van der Waals surface area contributed by atoms with Crippen LogP contribution in [-0.2, 0) is 4.74 Å². The molecule has 0 heterocycles. The third-order valence-corrected chi connectivity index (χ3v) is 1.84. The van der Waals surface area contributed by atoms with E-state index in [1.165, 1.54) is 0 Å². The third kappa shape index (κ3) is 8.27. The van der Waals surface area contributed by atoms with Crippen LogP contribution in [0.4, 0.5) is 4.39 Å². The van der Waals surface area contributed by atoms with Crippen LogP contribution in [0.25, 0.3) is 0 Å². The molecule has 0 aromatic carbocycles. The Morgan fingerprint density at radius 1 is 1.45 bits per heavy atom. The molecule has 0 aliphatic rings. The van der Waals surface area contributed by atoms with E-state index in [-0.39, 0.29) is 5.60 Å². The summed E-state index contributed by atoms with van der Waals surface area (Å²) in [7, 11) is 0. The zero-order valence-electron chi connectivity index (χ0n) is 7.36. The molecule has 11 heavy (non-hydrogen) atoms. The maximum atomic E-state index is 12.6. The molecule has 0 saturated carbocycles. The average Bonchev–Trinajstić information content (AvgIpc) is 1.85. The van der Waals surface area contributed by atoms with Crippen LogP contribution >= 0.6 is 15.9 Å². The normalized spacial score (nSPS) is 15.0. The fourth-order valence-electron chi connectivity index (χ4n) is 0.570. The van der Waals surface area contributed by atoms with Gasteiger partial charge in [-0.25, -0.2) is 4.39 Å². The van der Waals surface area contributed by atoms with Crippen molar-refractivity contribution in [3.63, 3.8) is 0 Å². The van der Waals surface area contributed by atoms with Crippen molar-refractivity contribution in [3.05, 3.63) is 0 Å². The molecule has 0 bridgehead atoms. The summed E-state index contributed by atoms with van der Waals surface area (Å²) in [6.07, 6.45) is -0.306. The van der Waals surface area contributed by atoms with E-state index in [4.69, 9.17) is 4.74 Å². The Balaban J connectivity index is 3.28. The Kier molecular flexibility index (Phi) is 5.26. The first kappa shape index (κ1) is 11.4. The second kappa shape index (κ2) is 5.09. The Labute approximate surface area is 76.4 Å². The molecule has 0 aliphatic carbocycles. The van der Waals surface area contributed by atoms with E-state index >= 15 is 0 Å².